The average molecular weight is 1070 g/mol. The Hall–Kier alpha value is -1.51. The fraction of sp³-hybridized carbons (Fsp3) is 0.906. The van der Waals surface area contributed by atoms with Gasteiger partial charge in [-0.3, -0.25) is 18.6 Å². The summed E-state index contributed by atoms with van der Waals surface area (Å²) in [4.78, 5) is 37.7. The number of nitrogens with zero attached hydrogens (tertiary/aromatic N) is 1. The second kappa shape index (κ2) is 54.8. The molecule has 3 atom stereocenters. The number of esters is 1. The second-order valence-corrected chi connectivity index (χ2v) is 24.7. The predicted octanol–water partition coefficient (Wildman–Crippen LogP) is 19.7. The maximum absolute atomic E-state index is 13.5. The lowest BCUT2D eigenvalue weighted by molar-refractivity contribution is -0.870. The van der Waals surface area contributed by atoms with Crippen molar-refractivity contribution in [3.8, 4) is 0 Å². The van der Waals surface area contributed by atoms with Crippen molar-refractivity contribution >= 4 is 19.7 Å². The number of likely N-dealkylation sites (N-methyl/N-ethyl adjacent to an activating group) is 1. The van der Waals surface area contributed by atoms with E-state index in [-0.39, 0.29) is 31.5 Å². The molecular formula is C64H126N2O7P+. The van der Waals surface area contributed by atoms with E-state index in [2.05, 4.69) is 38.2 Å². The molecule has 2 N–H and O–H groups in total. The third kappa shape index (κ3) is 55.3. The summed E-state index contributed by atoms with van der Waals surface area (Å²) in [5.41, 5.74) is 0. The number of nitrogens with one attached hydrogen (secondary N) is 1. The summed E-state index contributed by atoms with van der Waals surface area (Å²) < 4.78 is 30.7. The summed E-state index contributed by atoms with van der Waals surface area (Å²) in [6, 6.07) is -0.848. The zero-order valence-corrected chi connectivity index (χ0v) is 51.0. The van der Waals surface area contributed by atoms with E-state index in [9.17, 15) is 19.0 Å². The van der Waals surface area contributed by atoms with E-state index in [1.807, 2.05) is 33.3 Å². The van der Waals surface area contributed by atoms with Gasteiger partial charge in [-0.15, -0.1) is 0 Å². The highest BCUT2D eigenvalue weighted by atomic mass is 31.2. The lowest BCUT2D eigenvalue weighted by atomic mass is 10.0. The summed E-state index contributed by atoms with van der Waals surface area (Å²) in [5, 5.41) is 3.06. The molecule has 9 nitrogen and oxygen atoms in total. The van der Waals surface area contributed by atoms with Gasteiger partial charge in [0.15, 0.2) is 0 Å². The molecule has 0 heterocycles. The van der Waals surface area contributed by atoms with Gasteiger partial charge >= 0.3 is 13.8 Å². The minimum atomic E-state index is -4.44. The molecule has 0 aliphatic carbocycles. The number of unbranched alkanes of at least 4 members (excludes halogenated alkanes) is 41. The van der Waals surface area contributed by atoms with Crippen molar-refractivity contribution in [3.63, 3.8) is 0 Å². The molecule has 74 heavy (non-hydrogen) atoms. The van der Waals surface area contributed by atoms with Crippen molar-refractivity contribution in [2.24, 2.45) is 0 Å². The molecule has 0 radical (unpaired) electrons. The van der Waals surface area contributed by atoms with Crippen LogP contribution in [0.5, 0.6) is 0 Å². The Balaban J connectivity index is 5.08. The van der Waals surface area contributed by atoms with Gasteiger partial charge in [-0.1, -0.05) is 277 Å². The number of hydrogen-bond donors (Lipinski definition) is 2. The molecule has 1 amide bonds. The zero-order chi connectivity index (χ0) is 54.3. The molecule has 3 unspecified atom stereocenters. The van der Waals surface area contributed by atoms with Gasteiger partial charge in [0.25, 0.3) is 0 Å². The van der Waals surface area contributed by atoms with Gasteiger partial charge < -0.3 is 19.4 Å². The number of hydrogen-bond acceptors (Lipinski definition) is 6. The Labute approximate surface area is 460 Å². The van der Waals surface area contributed by atoms with E-state index < -0.39 is 20.0 Å². The molecule has 0 fully saturated rings. The summed E-state index contributed by atoms with van der Waals surface area (Å²) in [7, 11) is 1.50. The topological polar surface area (TPSA) is 111 Å². The molecule has 0 aromatic rings. The Morgan fingerprint density at radius 3 is 1.16 bits per heavy atom. The van der Waals surface area contributed by atoms with Gasteiger partial charge in [-0.25, -0.2) is 4.57 Å². The van der Waals surface area contributed by atoms with Crippen LogP contribution in [0.1, 0.15) is 323 Å². The fourth-order valence-electron chi connectivity index (χ4n) is 9.64. The molecule has 0 aliphatic rings. The van der Waals surface area contributed by atoms with E-state index in [0.29, 0.717) is 17.4 Å². The summed E-state index contributed by atoms with van der Waals surface area (Å²) in [6.07, 6.45) is 64.7. The van der Waals surface area contributed by atoms with Gasteiger partial charge in [0.2, 0.25) is 5.91 Å². The Kier molecular flexibility index (Phi) is 53.7. The fourth-order valence-corrected chi connectivity index (χ4v) is 10.4. The number of carbonyl (C=O) groups excluding carboxylic acids is 2. The number of rotatable bonds is 59. The summed E-state index contributed by atoms with van der Waals surface area (Å²) in [5.74, 6) is -0.508. The smallest absolute Gasteiger partial charge is 0.456 e. The Morgan fingerprint density at radius 2 is 0.784 bits per heavy atom. The molecule has 0 rings (SSSR count). The van der Waals surface area contributed by atoms with Crippen LogP contribution in [0.15, 0.2) is 24.3 Å². The van der Waals surface area contributed by atoms with Crippen molar-refractivity contribution in [1.29, 1.82) is 0 Å². The van der Waals surface area contributed by atoms with Crippen LogP contribution in [-0.2, 0) is 27.9 Å². The Bertz CT molecular complexity index is 1320. The van der Waals surface area contributed by atoms with Crippen molar-refractivity contribution in [1.82, 2.24) is 5.32 Å². The highest BCUT2D eigenvalue weighted by Crippen LogP contribution is 2.43. The monoisotopic (exact) mass is 1070 g/mol. The van der Waals surface area contributed by atoms with E-state index >= 15 is 0 Å². The molecule has 10 heteroatoms. The maximum Gasteiger partial charge on any atom is 0.472 e. The molecule has 438 valence electrons. The molecule has 0 aromatic carbocycles. The third-order valence-electron chi connectivity index (χ3n) is 14.6. The first-order chi connectivity index (χ1) is 35.9. The number of quaternary nitrogens is 1. The van der Waals surface area contributed by atoms with Gasteiger partial charge in [-0.05, 0) is 57.4 Å². The third-order valence-corrected chi connectivity index (χ3v) is 15.6. The van der Waals surface area contributed by atoms with Crippen molar-refractivity contribution in [2.45, 2.75) is 335 Å². The number of carbonyl (C=O) groups is 2. The SMILES string of the molecule is CCCCCCCCC/C=C\CCCCCC(=O)OC(/C=C\CCCCCCCCCCC)C(COP(=O)(O)OCC[N+](C)(C)C)NC(=O)CCCCCCCCCCCCCCCCCCCCCCCCC. The van der Waals surface area contributed by atoms with Gasteiger partial charge in [-0.2, -0.15) is 0 Å². The average Bonchev–Trinajstić information content (AvgIpc) is 3.36. The van der Waals surface area contributed by atoms with Crippen molar-refractivity contribution in [3.05, 3.63) is 24.3 Å². The van der Waals surface area contributed by atoms with E-state index in [4.69, 9.17) is 13.8 Å². The van der Waals surface area contributed by atoms with Gasteiger partial charge in [0.1, 0.15) is 19.3 Å². The lowest BCUT2D eigenvalue weighted by Gasteiger charge is -2.27. The first kappa shape index (κ1) is 72.5. The van der Waals surface area contributed by atoms with Crippen LogP contribution in [0.3, 0.4) is 0 Å². The van der Waals surface area contributed by atoms with Gasteiger partial charge in [0.05, 0.1) is 33.8 Å². The molecule has 0 aromatic heterocycles. The largest absolute Gasteiger partial charge is 0.472 e. The number of amides is 1. The molecule has 0 bridgehead atoms. The van der Waals surface area contributed by atoms with Crippen LogP contribution < -0.4 is 5.32 Å². The first-order valence-electron chi connectivity index (χ1n) is 32.2. The minimum absolute atomic E-state index is 0.0416. The number of allylic oxidation sites excluding steroid dienone is 3. The molecular weight excluding hydrogens is 940 g/mol. The van der Waals surface area contributed by atoms with Gasteiger partial charge in [0, 0.05) is 12.8 Å². The van der Waals surface area contributed by atoms with Crippen molar-refractivity contribution in [2.75, 3.05) is 40.9 Å². The quantitative estimate of drug-likeness (QED) is 0.0205. The minimum Gasteiger partial charge on any atom is -0.456 e. The summed E-state index contributed by atoms with van der Waals surface area (Å²) >= 11 is 0. The number of phosphoric ester groups is 1. The predicted molar refractivity (Wildman–Crippen MR) is 319 cm³/mol. The zero-order valence-electron chi connectivity index (χ0n) is 50.1. The molecule has 0 spiro atoms. The van der Waals surface area contributed by atoms with Crippen LogP contribution in [-0.4, -0.2) is 74.3 Å². The molecule has 0 saturated heterocycles. The highest BCUT2D eigenvalue weighted by Gasteiger charge is 2.30. The van der Waals surface area contributed by atoms with Crippen LogP contribution in [0.2, 0.25) is 0 Å². The molecule has 0 saturated carbocycles. The number of phosphoric acid groups is 1. The number of ether oxygens (including phenoxy) is 1. The van der Waals surface area contributed by atoms with Crippen LogP contribution in [0, 0.1) is 0 Å². The lowest BCUT2D eigenvalue weighted by Crippen LogP contribution is -2.47. The standard InChI is InChI=1S/C64H125N2O7P/c1-7-10-13-16-19-22-25-27-29-30-31-32-33-34-35-36-37-38-41-44-47-50-53-56-63(67)65-61(60-72-74(69,70)71-59-58-66(4,5)6)62(55-52-49-46-43-40-24-21-18-15-12-9-3)73-64(68)57-54-51-48-45-42-39-28-26-23-20-17-14-11-8-2/h39,42,52,55,61-62H,7-38,40-41,43-51,53-54,56-60H2,1-6H3,(H-,65,67,69,70)/p+1/b42-39-,55-52-. The van der Waals surface area contributed by atoms with E-state index in [1.165, 1.54) is 218 Å². The van der Waals surface area contributed by atoms with Crippen LogP contribution in [0.4, 0.5) is 0 Å². The second-order valence-electron chi connectivity index (χ2n) is 23.3. The normalized spacial score (nSPS) is 13.8. The Morgan fingerprint density at radius 1 is 0.459 bits per heavy atom. The summed E-state index contributed by atoms with van der Waals surface area (Å²) in [6.45, 7) is 7.04. The first-order valence-corrected chi connectivity index (χ1v) is 33.7. The van der Waals surface area contributed by atoms with Crippen LogP contribution >= 0.6 is 7.82 Å². The maximum atomic E-state index is 13.5. The van der Waals surface area contributed by atoms with E-state index in [0.717, 1.165) is 70.6 Å². The highest BCUT2D eigenvalue weighted by molar-refractivity contribution is 7.47. The van der Waals surface area contributed by atoms with Crippen LogP contribution in [0.25, 0.3) is 0 Å². The molecule has 0 aliphatic heterocycles. The van der Waals surface area contributed by atoms with Crippen molar-refractivity contribution < 1.29 is 37.3 Å². The van der Waals surface area contributed by atoms with E-state index in [1.54, 1.807) is 0 Å².